The van der Waals surface area contributed by atoms with Gasteiger partial charge in [0.25, 0.3) is 0 Å². The van der Waals surface area contributed by atoms with E-state index in [0.29, 0.717) is 11.0 Å². The molecule has 0 aliphatic carbocycles. The number of aryl methyl sites for hydroxylation is 1. The summed E-state index contributed by atoms with van der Waals surface area (Å²) in [6.45, 7) is 2.13. The standard InChI is InChI=1S/C34H25NO2/c1-2-9-22-10-8-14-28-27-18-16-24(21-32(27)37-34(36)33(22)28)23-17-19-31-29(20-23)26-13-6-7-15-30(26)35(31)25-11-4-3-5-12-25/h3-8,10-21H,2,9H2,1H3. The minimum absolute atomic E-state index is 0.259. The lowest BCUT2D eigenvalue weighted by atomic mass is 9.97. The predicted octanol–water partition coefficient (Wildman–Crippen LogP) is 8.66. The molecule has 0 spiro atoms. The molecule has 0 fully saturated rings. The van der Waals surface area contributed by atoms with Gasteiger partial charge in [-0.15, -0.1) is 0 Å². The van der Waals surface area contributed by atoms with Gasteiger partial charge in [0.1, 0.15) is 5.58 Å². The highest BCUT2D eigenvalue weighted by atomic mass is 16.4. The third-order valence-electron chi connectivity index (χ3n) is 7.37. The normalized spacial score (nSPS) is 11.7. The fraction of sp³-hybridized carbons (Fsp3) is 0.0882. The third-order valence-corrected chi connectivity index (χ3v) is 7.37. The van der Waals surface area contributed by atoms with Gasteiger partial charge >= 0.3 is 5.63 Å². The monoisotopic (exact) mass is 479 g/mol. The highest BCUT2D eigenvalue weighted by molar-refractivity contribution is 6.11. The number of nitrogens with zero attached hydrogens (tertiary/aromatic N) is 1. The van der Waals surface area contributed by atoms with Crippen molar-refractivity contribution in [1.82, 2.24) is 4.57 Å². The molecule has 0 amide bonds. The Morgan fingerprint density at radius 2 is 1.38 bits per heavy atom. The molecule has 0 bridgehead atoms. The average molecular weight is 480 g/mol. The zero-order valence-corrected chi connectivity index (χ0v) is 20.6. The van der Waals surface area contributed by atoms with E-state index in [1.807, 2.05) is 30.3 Å². The molecule has 0 aliphatic heterocycles. The Morgan fingerprint density at radius 3 is 2.24 bits per heavy atom. The van der Waals surface area contributed by atoms with Crippen molar-refractivity contribution in [3.8, 4) is 16.8 Å². The summed E-state index contributed by atoms with van der Waals surface area (Å²) < 4.78 is 8.20. The van der Waals surface area contributed by atoms with Gasteiger partial charge in [-0.2, -0.15) is 0 Å². The fourth-order valence-corrected chi connectivity index (χ4v) is 5.71. The summed E-state index contributed by atoms with van der Waals surface area (Å²) in [5.74, 6) is 0. The number of benzene rings is 5. The highest BCUT2D eigenvalue weighted by Gasteiger charge is 2.15. The average Bonchev–Trinajstić information content (AvgIpc) is 3.27. The second kappa shape index (κ2) is 8.49. The summed E-state index contributed by atoms with van der Waals surface area (Å²) in [6, 6.07) is 37.9. The molecular formula is C34H25NO2. The maximum Gasteiger partial charge on any atom is 0.344 e. The molecule has 37 heavy (non-hydrogen) atoms. The van der Waals surface area contributed by atoms with E-state index in [9.17, 15) is 4.79 Å². The zero-order chi connectivity index (χ0) is 24.9. The Balaban J connectivity index is 1.43. The first kappa shape index (κ1) is 21.6. The molecule has 178 valence electrons. The molecule has 0 radical (unpaired) electrons. The first-order valence-corrected chi connectivity index (χ1v) is 12.8. The van der Waals surface area contributed by atoms with E-state index in [0.717, 1.165) is 51.5 Å². The third kappa shape index (κ3) is 3.39. The Bertz CT molecular complexity index is 2010. The van der Waals surface area contributed by atoms with Gasteiger partial charge in [0, 0.05) is 27.2 Å². The van der Waals surface area contributed by atoms with Crippen LogP contribution in [0.25, 0.3) is 60.4 Å². The topological polar surface area (TPSA) is 35.1 Å². The lowest BCUT2D eigenvalue weighted by Crippen LogP contribution is -2.03. The van der Waals surface area contributed by atoms with Crippen LogP contribution in [0.15, 0.2) is 118 Å². The van der Waals surface area contributed by atoms with Crippen LogP contribution in [0, 0.1) is 0 Å². The molecule has 3 heteroatoms. The first-order valence-electron chi connectivity index (χ1n) is 12.8. The van der Waals surface area contributed by atoms with Crippen LogP contribution in [0.2, 0.25) is 0 Å². The highest BCUT2D eigenvalue weighted by Crippen LogP contribution is 2.36. The molecule has 2 heterocycles. The van der Waals surface area contributed by atoms with Crippen LogP contribution in [-0.4, -0.2) is 4.57 Å². The van der Waals surface area contributed by atoms with Crippen LogP contribution >= 0.6 is 0 Å². The van der Waals surface area contributed by atoms with Crippen LogP contribution in [0.4, 0.5) is 0 Å². The fourth-order valence-electron chi connectivity index (χ4n) is 5.71. The molecular weight excluding hydrogens is 454 g/mol. The van der Waals surface area contributed by atoms with Crippen molar-refractivity contribution in [1.29, 1.82) is 0 Å². The van der Waals surface area contributed by atoms with Gasteiger partial charge in [0.2, 0.25) is 0 Å². The lowest BCUT2D eigenvalue weighted by molar-refractivity contribution is 0.569. The number of fused-ring (bicyclic) bond motifs is 6. The van der Waals surface area contributed by atoms with Gasteiger partial charge in [-0.3, -0.25) is 0 Å². The molecule has 7 rings (SSSR count). The van der Waals surface area contributed by atoms with Crippen molar-refractivity contribution >= 4 is 43.5 Å². The largest absolute Gasteiger partial charge is 0.422 e. The summed E-state index contributed by atoms with van der Waals surface area (Å²) >= 11 is 0. The number of hydrogen-bond donors (Lipinski definition) is 0. The van der Waals surface area contributed by atoms with E-state index in [1.165, 1.54) is 16.3 Å². The Hall–Kier alpha value is -4.63. The Kier molecular flexibility index (Phi) is 4.97. The Labute approximate surface area is 214 Å². The van der Waals surface area contributed by atoms with Gasteiger partial charge in [-0.1, -0.05) is 80.1 Å². The first-order chi connectivity index (χ1) is 18.2. The van der Waals surface area contributed by atoms with E-state index in [-0.39, 0.29) is 5.63 Å². The van der Waals surface area contributed by atoms with E-state index in [4.69, 9.17) is 4.42 Å². The van der Waals surface area contributed by atoms with E-state index in [1.54, 1.807) is 0 Å². The van der Waals surface area contributed by atoms with E-state index in [2.05, 4.69) is 90.4 Å². The number of para-hydroxylation sites is 2. The van der Waals surface area contributed by atoms with Crippen molar-refractivity contribution in [3.05, 3.63) is 125 Å². The van der Waals surface area contributed by atoms with Crippen molar-refractivity contribution in [2.24, 2.45) is 0 Å². The molecule has 0 unspecified atom stereocenters. The van der Waals surface area contributed by atoms with E-state index < -0.39 is 0 Å². The summed E-state index contributed by atoms with van der Waals surface area (Å²) in [5, 5.41) is 5.05. The minimum atomic E-state index is -0.259. The zero-order valence-electron chi connectivity index (χ0n) is 20.6. The van der Waals surface area contributed by atoms with Crippen LogP contribution in [-0.2, 0) is 6.42 Å². The summed E-state index contributed by atoms with van der Waals surface area (Å²) in [4.78, 5) is 13.0. The lowest BCUT2D eigenvalue weighted by Gasteiger charge is -2.10. The van der Waals surface area contributed by atoms with Crippen LogP contribution < -0.4 is 5.63 Å². The number of rotatable bonds is 4. The second-order valence-corrected chi connectivity index (χ2v) is 9.61. The van der Waals surface area contributed by atoms with Gasteiger partial charge in [0.15, 0.2) is 0 Å². The molecule has 0 saturated heterocycles. The van der Waals surface area contributed by atoms with Crippen molar-refractivity contribution in [3.63, 3.8) is 0 Å². The van der Waals surface area contributed by atoms with Crippen molar-refractivity contribution < 1.29 is 4.42 Å². The predicted molar refractivity (Wildman–Crippen MR) is 154 cm³/mol. The van der Waals surface area contributed by atoms with Crippen LogP contribution in [0.5, 0.6) is 0 Å². The number of hydrogen-bond acceptors (Lipinski definition) is 2. The van der Waals surface area contributed by atoms with E-state index >= 15 is 0 Å². The smallest absolute Gasteiger partial charge is 0.344 e. The van der Waals surface area contributed by atoms with Crippen LogP contribution in [0.3, 0.4) is 0 Å². The van der Waals surface area contributed by atoms with Gasteiger partial charge in [-0.05, 0) is 65.6 Å². The molecule has 0 saturated carbocycles. The summed E-state index contributed by atoms with van der Waals surface area (Å²) in [6.07, 6.45) is 1.85. The van der Waals surface area contributed by atoms with Crippen molar-refractivity contribution in [2.75, 3.05) is 0 Å². The second-order valence-electron chi connectivity index (χ2n) is 9.61. The molecule has 5 aromatic carbocycles. The molecule has 0 N–H and O–H groups in total. The van der Waals surface area contributed by atoms with Gasteiger partial charge < -0.3 is 8.98 Å². The molecule has 0 atom stereocenters. The molecule has 0 aliphatic rings. The summed E-state index contributed by atoms with van der Waals surface area (Å²) in [7, 11) is 0. The quantitative estimate of drug-likeness (QED) is 0.187. The minimum Gasteiger partial charge on any atom is -0.422 e. The molecule has 2 aromatic heterocycles. The maximum atomic E-state index is 13.0. The summed E-state index contributed by atoms with van der Waals surface area (Å²) in [5.41, 5.74) is 7.02. The van der Waals surface area contributed by atoms with Gasteiger partial charge in [-0.25, -0.2) is 4.79 Å². The Morgan fingerprint density at radius 1 is 0.649 bits per heavy atom. The SMILES string of the molecule is CCCc1cccc2c1c(=O)oc1cc(-c3ccc4c(c3)c3ccccc3n4-c3ccccc3)ccc12. The number of aromatic nitrogens is 1. The molecule has 7 aromatic rings. The maximum absolute atomic E-state index is 13.0. The van der Waals surface area contributed by atoms with Crippen LogP contribution in [0.1, 0.15) is 18.9 Å². The van der Waals surface area contributed by atoms with Crippen molar-refractivity contribution in [2.45, 2.75) is 19.8 Å². The van der Waals surface area contributed by atoms with Gasteiger partial charge in [0.05, 0.1) is 16.4 Å². The molecule has 3 nitrogen and oxygen atoms in total.